The number of ether oxygens (including phenoxy) is 4. The summed E-state index contributed by atoms with van der Waals surface area (Å²) >= 11 is 0. The van der Waals surface area contributed by atoms with Crippen molar-refractivity contribution in [3.63, 3.8) is 0 Å². The van der Waals surface area contributed by atoms with Gasteiger partial charge in [0.15, 0.2) is 11.5 Å². The van der Waals surface area contributed by atoms with E-state index in [1.54, 1.807) is 7.11 Å². The average Bonchev–Trinajstić information content (AvgIpc) is 2.94. The molecule has 1 aliphatic carbocycles. The number of hydrogen-bond acceptors (Lipinski definition) is 5. The van der Waals surface area contributed by atoms with E-state index in [1.165, 1.54) is 0 Å². The fourth-order valence-corrected chi connectivity index (χ4v) is 3.12. The van der Waals surface area contributed by atoms with Crippen LogP contribution in [-0.4, -0.2) is 26.0 Å². The number of methoxy groups -OCH3 is 1. The highest BCUT2D eigenvalue weighted by molar-refractivity contribution is 5.78. The van der Waals surface area contributed by atoms with Crippen molar-refractivity contribution in [3.05, 3.63) is 29.8 Å². The van der Waals surface area contributed by atoms with E-state index in [0.717, 1.165) is 12.0 Å². The molecule has 1 fully saturated rings. The molecule has 5 heteroatoms. The maximum absolute atomic E-state index is 11.9. The van der Waals surface area contributed by atoms with E-state index < -0.39 is 0 Å². The molecule has 0 saturated carbocycles. The van der Waals surface area contributed by atoms with Gasteiger partial charge in [-0.1, -0.05) is 6.08 Å². The lowest BCUT2D eigenvalue weighted by Crippen LogP contribution is -2.38. The second kappa shape index (κ2) is 4.16. The van der Waals surface area contributed by atoms with Gasteiger partial charge in [-0.05, 0) is 30.2 Å². The zero-order valence-corrected chi connectivity index (χ0v) is 11.0. The first-order chi connectivity index (χ1) is 9.76. The van der Waals surface area contributed by atoms with Crippen molar-refractivity contribution in [2.24, 2.45) is 5.92 Å². The first-order valence-electron chi connectivity index (χ1n) is 6.62. The smallest absolute Gasteiger partial charge is 0.314 e. The van der Waals surface area contributed by atoms with Crippen molar-refractivity contribution in [1.29, 1.82) is 0 Å². The zero-order chi connectivity index (χ0) is 13.7. The third-order valence-electron chi connectivity index (χ3n) is 4.10. The maximum Gasteiger partial charge on any atom is 0.314 e. The summed E-state index contributed by atoms with van der Waals surface area (Å²) < 4.78 is 21.5. The second-order valence-electron chi connectivity index (χ2n) is 5.19. The van der Waals surface area contributed by atoms with E-state index in [4.69, 9.17) is 18.9 Å². The summed E-state index contributed by atoms with van der Waals surface area (Å²) in [5.41, 5.74) is 1.03. The summed E-state index contributed by atoms with van der Waals surface area (Å²) in [7, 11) is 1.60. The predicted octanol–water partition coefficient (Wildman–Crippen LogP) is 2.01. The van der Waals surface area contributed by atoms with Crippen LogP contribution >= 0.6 is 0 Å². The predicted molar refractivity (Wildman–Crippen MR) is 69.0 cm³/mol. The van der Waals surface area contributed by atoms with Crippen molar-refractivity contribution >= 4 is 5.97 Å². The fourth-order valence-electron chi connectivity index (χ4n) is 3.12. The van der Waals surface area contributed by atoms with Crippen LogP contribution in [0.25, 0.3) is 0 Å². The first-order valence-corrected chi connectivity index (χ1v) is 6.62. The van der Waals surface area contributed by atoms with E-state index >= 15 is 0 Å². The third-order valence-corrected chi connectivity index (χ3v) is 4.10. The van der Waals surface area contributed by atoms with Crippen molar-refractivity contribution in [3.8, 4) is 17.2 Å². The highest BCUT2D eigenvalue weighted by Crippen LogP contribution is 2.47. The first kappa shape index (κ1) is 11.6. The molecule has 0 aromatic heterocycles. The van der Waals surface area contributed by atoms with Gasteiger partial charge in [0, 0.05) is 5.92 Å². The van der Waals surface area contributed by atoms with Gasteiger partial charge in [0.25, 0.3) is 0 Å². The van der Waals surface area contributed by atoms with Gasteiger partial charge in [-0.25, -0.2) is 0 Å². The molecule has 1 aromatic carbocycles. The standard InChI is InChI=1S/C15H14O5/c1-17-12-4-8(5-13-14(12)19-7-18-13)11-6-9-2-3-10(11)15(16)20-9/h2-5,9-11H,6-7H2,1H3/t9-,10+,11-/m1/s1. The summed E-state index contributed by atoms with van der Waals surface area (Å²) in [4.78, 5) is 11.9. The van der Waals surface area contributed by atoms with Crippen molar-refractivity contribution < 1.29 is 23.7 Å². The van der Waals surface area contributed by atoms with Crippen LogP contribution in [0.4, 0.5) is 0 Å². The van der Waals surface area contributed by atoms with Gasteiger partial charge in [0.05, 0.1) is 13.0 Å². The molecule has 3 aliphatic heterocycles. The van der Waals surface area contributed by atoms with Gasteiger partial charge in [-0.2, -0.15) is 0 Å². The van der Waals surface area contributed by atoms with Crippen LogP contribution in [0.3, 0.4) is 0 Å². The minimum Gasteiger partial charge on any atom is -0.493 e. The Labute approximate surface area is 116 Å². The Kier molecular flexibility index (Phi) is 2.42. The van der Waals surface area contributed by atoms with Gasteiger partial charge in [0.1, 0.15) is 6.10 Å². The number of carbonyl (C=O) groups is 1. The van der Waals surface area contributed by atoms with E-state index in [2.05, 4.69) is 0 Å². The Bertz CT molecular complexity index is 607. The van der Waals surface area contributed by atoms with Crippen LogP contribution in [0.1, 0.15) is 17.9 Å². The Morgan fingerprint density at radius 1 is 1.25 bits per heavy atom. The summed E-state index contributed by atoms with van der Waals surface area (Å²) in [5, 5.41) is 0. The molecule has 5 rings (SSSR count). The van der Waals surface area contributed by atoms with Gasteiger partial charge >= 0.3 is 5.97 Å². The molecule has 1 aromatic rings. The summed E-state index contributed by atoms with van der Waals surface area (Å²) in [5.74, 6) is 1.70. The van der Waals surface area contributed by atoms with E-state index in [9.17, 15) is 4.79 Å². The van der Waals surface area contributed by atoms with E-state index in [0.29, 0.717) is 17.2 Å². The highest BCUT2D eigenvalue weighted by atomic mass is 16.7. The molecule has 0 spiro atoms. The van der Waals surface area contributed by atoms with Gasteiger partial charge in [-0.15, -0.1) is 0 Å². The Balaban J connectivity index is 1.76. The molecular formula is C15H14O5. The number of benzene rings is 1. The monoisotopic (exact) mass is 274 g/mol. The number of rotatable bonds is 2. The van der Waals surface area contributed by atoms with Crippen molar-refractivity contribution in [1.82, 2.24) is 0 Å². The molecule has 0 amide bonds. The quantitative estimate of drug-likeness (QED) is 0.610. The lowest BCUT2D eigenvalue weighted by Gasteiger charge is -2.37. The molecule has 104 valence electrons. The van der Waals surface area contributed by atoms with Crippen molar-refractivity contribution in [2.75, 3.05) is 13.9 Å². The molecule has 3 heterocycles. The summed E-state index contributed by atoms with van der Waals surface area (Å²) in [6.45, 7) is 0.202. The summed E-state index contributed by atoms with van der Waals surface area (Å²) in [6.07, 6.45) is 4.60. The number of hydrogen-bond donors (Lipinski definition) is 0. The zero-order valence-electron chi connectivity index (χ0n) is 11.0. The number of esters is 1. The molecule has 1 saturated heterocycles. The molecule has 0 unspecified atom stereocenters. The molecule has 20 heavy (non-hydrogen) atoms. The average molecular weight is 274 g/mol. The third kappa shape index (κ3) is 1.59. The van der Waals surface area contributed by atoms with E-state index in [1.807, 2.05) is 24.3 Å². The van der Waals surface area contributed by atoms with Crippen molar-refractivity contribution in [2.45, 2.75) is 18.4 Å². The van der Waals surface area contributed by atoms with Gasteiger partial charge in [0.2, 0.25) is 12.5 Å². The lowest BCUT2D eigenvalue weighted by molar-refractivity contribution is -0.158. The Morgan fingerprint density at radius 2 is 2.15 bits per heavy atom. The Hall–Kier alpha value is -2.17. The number of fused-ring (bicyclic) bond motifs is 3. The minimum absolute atomic E-state index is 0.106. The molecule has 0 radical (unpaired) electrons. The molecule has 0 N–H and O–H groups in total. The van der Waals surface area contributed by atoms with Gasteiger partial charge in [-0.3, -0.25) is 4.79 Å². The lowest BCUT2D eigenvalue weighted by atomic mass is 9.76. The van der Waals surface area contributed by atoms with Gasteiger partial charge < -0.3 is 18.9 Å². The molecule has 2 bridgehead atoms. The maximum atomic E-state index is 11.9. The van der Waals surface area contributed by atoms with Crippen LogP contribution in [0.2, 0.25) is 0 Å². The normalized spacial score (nSPS) is 29.4. The molecule has 4 aliphatic rings. The van der Waals surface area contributed by atoms with Crippen LogP contribution in [0.5, 0.6) is 17.2 Å². The molecular weight excluding hydrogens is 260 g/mol. The minimum atomic E-state index is -0.218. The topological polar surface area (TPSA) is 54.0 Å². The van der Waals surface area contributed by atoms with Crippen LogP contribution < -0.4 is 14.2 Å². The SMILES string of the molecule is COc1cc([C@H]2C[C@H]3C=C[C@@H]2C(=O)O3)cc2c1OCO2. The van der Waals surface area contributed by atoms with Crippen LogP contribution in [-0.2, 0) is 9.53 Å². The van der Waals surface area contributed by atoms with E-state index in [-0.39, 0.29) is 30.7 Å². The van der Waals surface area contributed by atoms with Crippen LogP contribution in [0.15, 0.2) is 24.3 Å². The highest BCUT2D eigenvalue weighted by Gasteiger charge is 2.41. The fraction of sp³-hybridized carbons (Fsp3) is 0.400. The number of carbonyl (C=O) groups excluding carboxylic acids is 1. The summed E-state index contributed by atoms with van der Waals surface area (Å²) in [6, 6.07) is 3.87. The molecule has 5 nitrogen and oxygen atoms in total. The second-order valence-corrected chi connectivity index (χ2v) is 5.19. The molecule has 3 atom stereocenters. The van der Waals surface area contributed by atoms with Crippen LogP contribution in [0, 0.1) is 5.92 Å². The largest absolute Gasteiger partial charge is 0.493 e. The Morgan fingerprint density at radius 3 is 2.90 bits per heavy atom.